The number of methoxy groups -OCH3 is 1. The van der Waals surface area contributed by atoms with Crippen LogP contribution in [0.5, 0.6) is 11.5 Å². The summed E-state index contributed by atoms with van der Waals surface area (Å²) >= 11 is 1.66. The van der Waals surface area contributed by atoms with Crippen LogP contribution in [0.1, 0.15) is 24.5 Å². The summed E-state index contributed by atoms with van der Waals surface area (Å²) in [5.41, 5.74) is 0.951. The summed E-state index contributed by atoms with van der Waals surface area (Å²) < 4.78 is 11.0. The van der Waals surface area contributed by atoms with E-state index in [0.29, 0.717) is 12.5 Å². The zero-order valence-electron chi connectivity index (χ0n) is 12.8. The summed E-state index contributed by atoms with van der Waals surface area (Å²) in [5, 5.41) is 6.53. The topological polar surface area (TPSA) is 43.4 Å². The minimum absolute atomic E-state index is 0.459. The molecule has 1 aromatic carbocycles. The van der Waals surface area contributed by atoms with Gasteiger partial charge in [0.1, 0.15) is 11.6 Å². The first kappa shape index (κ1) is 15.8. The maximum atomic E-state index is 5.77. The van der Waals surface area contributed by atoms with Crippen molar-refractivity contribution < 1.29 is 9.47 Å². The molecule has 1 heterocycles. The van der Waals surface area contributed by atoms with Crippen molar-refractivity contribution in [2.75, 3.05) is 13.7 Å². The van der Waals surface area contributed by atoms with Crippen molar-refractivity contribution >= 4 is 11.3 Å². The summed E-state index contributed by atoms with van der Waals surface area (Å²) in [4.78, 5) is 4.57. The molecule has 0 radical (unpaired) electrons. The van der Waals surface area contributed by atoms with E-state index in [1.54, 1.807) is 18.4 Å². The van der Waals surface area contributed by atoms with E-state index in [-0.39, 0.29) is 0 Å². The van der Waals surface area contributed by atoms with Crippen LogP contribution < -0.4 is 14.8 Å². The third-order valence-corrected chi connectivity index (χ3v) is 3.77. The van der Waals surface area contributed by atoms with Gasteiger partial charge in [-0.2, -0.15) is 0 Å². The van der Waals surface area contributed by atoms with Gasteiger partial charge in [0.15, 0.2) is 11.5 Å². The number of nitrogens with zero attached hydrogens (tertiary/aromatic N) is 1. The molecule has 1 N–H and O–H groups in total. The smallest absolute Gasteiger partial charge is 0.161 e. The molecule has 114 valence electrons. The van der Waals surface area contributed by atoms with E-state index in [0.717, 1.165) is 35.3 Å². The predicted molar refractivity (Wildman–Crippen MR) is 86.0 cm³/mol. The summed E-state index contributed by atoms with van der Waals surface area (Å²) in [5.74, 6) is 2.14. The SMILES string of the molecule is COc1ccccc1OCc1csc(CNCC(C)C)n1. The molecule has 0 saturated heterocycles. The van der Waals surface area contributed by atoms with Crippen LogP contribution in [0.3, 0.4) is 0 Å². The molecular weight excluding hydrogens is 284 g/mol. The van der Waals surface area contributed by atoms with Crippen molar-refractivity contribution in [2.24, 2.45) is 5.92 Å². The molecule has 0 unspecified atom stereocenters. The van der Waals surface area contributed by atoms with Crippen molar-refractivity contribution in [1.29, 1.82) is 0 Å². The Bertz CT molecular complexity index is 555. The number of aromatic nitrogens is 1. The predicted octanol–water partition coefficient (Wildman–Crippen LogP) is 3.48. The van der Waals surface area contributed by atoms with Gasteiger partial charge in [-0.05, 0) is 24.6 Å². The van der Waals surface area contributed by atoms with E-state index >= 15 is 0 Å². The minimum Gasteiger partial charge on any atom is -0.493 e. The highest BCUT2D eigenvalue weighted by Gasteiger charge is 2.06. The number of nitrogens with one attached hydrogen (secondary N) is 1. The van der Waals surface area contributed by atoms with Crippen molar-refractivity contribution in [2.45, 2.75) is 27.0 Å². The molecule has 2 rings (SSSR count). The highest BCUT2D eigenvalue weighted by atomic mass is 32.1. The van der Waals surface area contributed by atoms with Crippen molar-refractivity contribution in [3.05, 3.63) is 40.3 Å². The van der Waals surface area contributed by atoms with E-state index in [1.807, 2.05) is 29.6 Å². The zero-order chi connectivity index (χ0) is 15.1. The molecule has 0 amide bonds. The second kappa shape index (κ2) is 8.00. The first-order valence-corrected chi connectivity index (χ1v) is 7.97. The molecule has 1 aromatic heterocycles. The molecule has 0 spiro atoms. The van der Waals surface area contributed by atoms with Gasteiger partial charge in [-0.25, -0.2) is 4.98 Å². The van der Waals surface area contributed by atoms with Crippen LogP contribution in [0.15, 0.2) is 29.6 Å². The molecule has 0 saturated carbocycles. The summed E-state index contributed by atoms with van der Waals surface area (Å²) in [6, 6.07) is 7.64. The molecule has 21 heavy (non-hydrogen) atoms. The van der Waals surface area contributed by atoms with E-state index < -0.39 is 0 Å². The Morgan fingerprint density at radius 3 is 2.71 bits per heavy atom. The van der Waals surface area contributed by atoms with Gasteiger partial charge in [-0.1, -0.05) is 26.0 Å². The van der Waals surface area contributed by atoms with Crippen LogP contribution in [-0.4, -0.2) is 18.6 Å². The Kier molecular flexibility index (Phi) is 6.02. The summed E-state index contributed by atoms with van der Waals surface area (Å²) in [6.45, 7) is 6.67. The maximum Gasteiger partial charge on any atom is 0.161 e. The third-order valence-electron chi connectivity index (χ3n) is 2.87. The second-order valence-corrected chi connectivity index (χ2v) is 6.14. The first-order valence-electron chi connectivity index (χ1n) is 7.09. The van der Waals surface area contributed by atoms with Crippen LogP contribution in [-0.2, 0) is 13.2 Å². The van der Waals surface area contributed by atoms with Gasteiger partial charge in [-0.15, -0.1) is 11.3 Å². The number of rotatable bonds is 8. The summed E-state index contributed by atoms with van der Waals surface area (Å²) in [6.07, 6.45) is 0. The molecule has 4 nitrogen and oxygen atoms in total. The highest BCUT2D eigenvalue weighted by molar-refractivity contribution is 7.09. The molecule has 5 heteroatoms. The Labute approximate surface area is 130 Å². The fourth-order valence-corrected chi connectivity index (χ4v) is 2.60. The number of hydrogen-bond acceptors (Lipinski definition) is 5. The monoisotopic (exact) mass is 306 g/mol. The third kappa shape index (κ3) is 5.02. The van der Waals surface area contributed by atoms with Gasteiger partial charge in [0.2, 0.25) is 0 Å². The van der Waals surface area contributed by atoms with Crippen molar-refractivity contribution in [3.8, 4) is 11.5 Å². The van der Waals surface area contributed by atoms with Gasteiger partial charge in [-0.3, -0.25) is 0 Å². The Morgan fingerprint density at radius 2 is 2.00 bits per heavy atom. The molecule has 0 bridgehead atoms. The maximum absolute atomic E-state index is 5.77. The number of benzene rings is 1. The zero-order valence-corrected chi connectivity index (χ0v) is 13.6. The van der Waals surface area contributed by atoms with Gasteiger partial charge in [0, 0.05) is 11.9 Å². The highest BCUT2D eigenvalue weighted by Crippen LogP contribution is 2.26. The molecular formula is C16H22N2O2S. The molecule has 0 aliphatic rings. The number of thiazole rings is 1. The lowest BCUT2D eigenvalue weighted by Crippen LogP contribution is -2.18. The van der Waals surface area contributed by atoms with Gasteiger partial charge in [0.05, 0.1) is 12.8 Å². The lowest BCUT2D eigenvalue weighted by molar-refractivity contribution is 0.281. The van der Waals surface area contributed by atoms with Gasteiger partial charge in [0.25, 0.3) is 0 Å². The van der Waals surface area contributed by atoms with Crippen LogP contribution in [0.25, 0.3) is 0 Å². The van der Waals surface area contributed by atoms with E-state index in [1.165, 1.54) is 0 Å². The van der Waals surface area contributed by atoms with E-state index in [9.17, 15) is 0 Å². The van der Waals surface area contributed by atoms with Gasteiger partial charge >= 0.3 is 0 Å². The average Bonchev–Trinajstić information content (AvgIpc) is 2.93. The lowest BCUT2D eigenvalue weighted by atomic mass is 10.2. The van der Waals surface area contributed by atoms with E-state index in [4.69, 9.17) is 9.47 Å². The lowest BCUT2D eigenvalue weighted by Gasteiger charge is -2.08. The van der Waals surface area contributed by atoms with Crippen LogP contribution in [0.4, 0.5) is 0 Å². The largest absolute Gasteiger partial charge is 0.493 e. The van der Waals surface area contributed by atoms with E-state index in [2.05, 4.69) is 24.1 Å². The molecule has 0 aliphatic carbocycles. The average molecular weight is 306 g/mol. The van der Waals surface area contributed by atoms with Gasteiger partial charge < -0.3 is 14.8 Å². The normalized spacial score (nSPS) is 10.9. The number of para-hydroxylation sites is 2. The number of hydrogen-bond donors (Lipinski definition) is 1. The second-order valence-electron chi connectivity index (χ2n) is 5.20. The number of ether oxygens (including phenoxy) is 2. The quantitative estimate of drug-likeness (QED) is 0.811. The standard InChI is InChI=1S/C16H22N2O2S/c1-12(2)8-17-9-16-18-13(11-21-16)10-20-15-7-5-4-6-14(15)19-3/h4-7,11-12,17H,8-10H2,1-3H3. The minimum atomic E-state index is 0.459. The van der Waals surface area contributed by atoms with Crippen LogP contribution >= 0.6 is 11.3 Å². The summed E-state index contributed by atoms with van der Waals surface area (Å²) in [7, 11) is 1.64. The molecule has 2 aromatic rings. The fraction of sp³-hybridized carbons (Fsp3) is 0.438. The Hall–Kier alpha value is -1.59. The first-order chi connectivity index (χ1) is 10.2. The molecule has 0 fully saturated rings. The van der Waals surface area contributed by atoms with Crippen molar-refractivity contribution in [1.82, 2.24) is 10.3 Å². The Balaban J connectivity index is 1.85. The molecule has 0 aliphatic heterocycles. The van der Waals surface area contributed by atoms with Crippen molar-refractivity contribution in [3.63, 3.8) is 0 Å². The molecule has 0 atom stereocenters. The van der Waals surface area contributed by atoms with Crippen LogP contribution in [0.2, 0.25) is 0 Å². The fourth-order valence-electron chi connectivity index (χ4n) is 1.85. The Morgan fingerprint density at radius 1 is 1.24 bits per heavy atom. The van der Waals surface area contributed by atoms with Crippen LogP contribution in [0, 0.1) is 5.92 Å².